The van der Waals surface area contributed by atoms with Gasteiger partial charge in [-0.15, -0.1) is 0 Å². The topological polar surface area (TPSA) is 69.6 Å². The maximum atomic E-state index is 12.0. The highest BCUT2D eigenvalue weighted by Gasteiger charge is 2.19. The molecule has 2 amide bonds. The maximum Gasteiger partial charge on any atom is 0.321 e. The standard InChI is InChI=1S/C12H13BrCl2N2O3/c1-6(11(18)19)5-17(2)12(20)16-10-8(14)3-7(13)4-9(10)15/h3-4,6H,5H2,1-2H3,(H,16,20)(H,18,19). The lowest BCUT2D eigenvalue weighted by atomic mass is 10.2. The van der Waals surface area contributed by atoms with E-state index in [0.717, 1.165) is 0 Å². The van der Waals surface area contributed by atoms with Crippen LogP contribution in [0.15, 0.2) is 16.6 Å². The third-order valence-electron chi connectivity index (χ3n) is 2.55. The molecule has 0 aliphatic rings. The number of urea groups is 1. The SMILES string of the molecule is CC(CN(C)C(=O)Nc1c(Cl)cc(Br)cc1Cl)C(=O)O. The smallest absolute Gasteiger partial charge is 0.321 e. The lowest BCUT2D eigenvalue weighted by molar-refractivity contribution is -0.141. The van der Waals surface area contributed by atoms with E-state index in [1.165, 1.54) is 18.9 Å². The molecule has 1 aromatic rings. The lowest BCUT2D eigenvalue weighted by Crippen LogP contribution is -2.36. The summed E-state index contributed by atoms with van der Waals surface area (Å²) < 4.78 is 0.693. The molecular formula is C12H13BrCl2N2O3. The van der Waals surface area contributed by atoms with Crippen molar-refractivity contribution in [3.05, 3.63) is 26.7 Å². The van der Waals surface area contributed by atoms with Crippen LogP contribution in [0.1, 0.15) is 6.92 Å². The van der Waals surface area contributed by atoms with Crippen LogP contribution < -0.4 is 5.32 Å². The molecule has 0 bridgehead atoms. The first-order chi connectivity index (χ1) is 9.22. The lowest BCUT2D eigenvalue weighted by Gasteiger charge is -2.20. The van der Waals surface area contributed by atoms with E-state index in [1.54, 1.807) is 12.1 Å². The Morgan fingerprint density at radius 2 is 1.90 bits per heavy atom. The minimum absolute atomic E-state index is 0.0763. The Labute approximate surface area is 135 Å². The highest BCUT2D eigenvalue weighted by Crippen LogP contribution is 2.33. The summed E-state index contributed by atoms with van der Waals surface area (Å²) in [4.78, 5) is 24.0. The molecule has 0 saturated heterocycles. The number of carbonyl (C=O) groups is 2. The van der Waals surface area contributed by atoms with E-state index < -0.39 is 17.9 Å². The molecule has 5 nitrogen and oxygen atoms in total. The minimum Gasteiger partial charge on any atom is -0.481 e. The summed E-state index contributed by atoms with van der Waals surface area (Å²) in [5.74, 6) is -1.63. The molecule has 1 unspecified atom stereocenters. The van der Waals surface area contributed by atoms with Gasteiger partial charge in [-0.2, -0.15) is 0 Å². The van der Waals surface area contributed by atoms with E-state index in [-0.39, 0.29) is 22.3 Å². The zero-order chi connectivity index (χ0) is 15.4. The average molecular weight is 384 g/mol. The van der Waals surface area contributed by atoms with Gasteiger partial charge in [-0.05, 0) is 12.1 Å². The summed E-state index contributed by atoms with van der Waals surface area (Å²) in [5.41, 5.74) is 0.288. The monoisotopic (exact) mass is 382 g/mol. The van der Waals surface area contributed by atoms with Crippen molar-refractivity contribution >= 4 is 56.8 Å². The molecule has 8 heteroatoms. The molecule has 20 heavy (non-hydrogen) atoms. The highest BCUT2D eigenvalue weighted by atomic mass is 79.9. The summed E-state index contributed by atoms with van der Waals surface area (Å²) in [6.45, 7) is 1.60. The van der Waals surface area contributed by atoms with E-state index >= 15 is 0 Å². The van der Waals surface area contributed by atoms with Crippen LogP contribution in [-0.2, 0) is 4.79 Å². The molecule has 0 fully saturated rings. The van der Waals surface area contributed by atoms with Gasteiger partial charge in [-0.1, -0.05) is 46.1 Å². The van der Waals surface area contributed by atoms with Crippen molar-refractivity contribution < 1.29 is 14.7 Å². The fraction of sp³-hybridized carbons (Fsp3) is 0.333. The third-order valence-corrected chi connectivity index (χ3v) is 3.61. The van der Waals surface area contributed by atoms with Gasteiger partial charge < -0.3 is 15.3 Å². The fourth-order valence-corrected chi connectivity index (χ4v) is 2.74. The first-order valence-corrected chi connectivity index (χ1v) is 7.16. The van der Waals surface area contributed by atoms with Crippen LogP contribution in [0, 0.1) is 5.92 Å². The van der Waals surface area contributed by atoms with Crippen molar-refractivity contribution in [1.29, 1.82) is 0 Å². The number of benzene rings is 1. The zero-order valence-corrected chi connectivity index (χ0v) is 13.9. The van der Waals surface area contributed by atoms with Gasteiger partial charge in [0.25, 0.3) is 0 Å². The van der Waals surface area contributed by atoms with Gasteiger partial charge in [-0.3, -0.25) is 4.79 Å². The zero-order valence-electron chi connectivity index (χ0n) is 10.8. The number of halogens is 3. The third kappa shape index (κ3) is 4.54. The van der Waals surface area contributed by atoms with Gasteiger partial charge in [0.2, 0.25) is 0 Å². The predicted octanol–water partition coefficient (Wildman–Crippen LogP) is 3.94. The Bertz CT molecular complexity index is 516. The number of aliphatic carboxylic acids is 1. The number of carbonyl (C=O) groups excluding carboxylic acids is 1. The highest BCUT2D eigenvalue weighted by molar-refractivity contribution is 9.10. The van der Waals surface area contributed by atoms with Crippen LogP contribution in [0.2, 0.25) is 10.0 Å². The molecule has 0 heterocycles. The van der Waals surface area contributed by atoms with Crippen LogP contribution in [-0.4, -0.2) is 35.6 Å². The van der Waals surface area contributed by atoms with E-state index in [0.29, 0.717) is 4.47 Å². The van der Waals surface area contributed by atoms with Crippen LogP contribution in [0.4, 0.5) is 10.5 Å². The van der Waals surface area contributed by atoms with Gasteiger partial charge in [-0.25, -0.2) is 4.79 Å². The normalized spacial score (nSPS) is 11.8. The van der Waals surface area contributed by atoms with Crippen molar-refractivity contribution in [2.45, 2.75) is 6.92 Å². The fourth-order valence-electron chi connectivity index (χ4n) is 1.44. The molecular weight excluding hydrogens is 371 g/mol. The van der Waals surface area contributed by atoms with Crippen molar-refractivity contribution in [2.75, 3.05) is 18.9 Å². The van der Waals surface area contributed by atoms with Gasteiger partial charge in [0.05, 0.1) is 21.7 Å². The number of anilines is 1. The molecule has 2 N–H and O–H groups in total. The number of carboxylic acids is 1. The molecule has 110 valence electrons. The second-order valence-corrected chi connectivity index (χ2v) is 6.02. The Hall–Kier alpha value is -0.980. The molecule has 0 aliphatic carbocycles. The van der Waals surface area contributed by atoms with Gasteiger partial charge in [0.1, 0.15) is 0 Å². The van der Waals surface area contributed by atoms with Crippen molar-refractivity contribution in [3.8, 4) is 0 Å². The Morgan fingerprint density at radius 3 is 2.35 bits per heavy atom. The molecule has 1 aromatic carbocycles. The number of nitrogens with one attached hydrogen (secondary N) is 1. The predicted molar refractivity (Wildman–Crippen MR) is 82.6 cm³/mol. The summed E-state index contributed by atoms with van der Waals surface area (Å²) >= 11 is 15.2. The van der Waals surface area contributed by atoms with Crippen LogP contribution in [0.5, 0.6) is 0 Å². The summed E-state index contributed by atoms with van der Waals surface area (Å²) in [6.07, 6.45) is 0. The Morgan fingerprint density at radius 1 is 1.40 bits per heavy atom. The number of hydrogen-bond acceptors (Lipinski definition) is 2. The number of nitrogens with zero attached hydrogens (tertiary/aromatic N) is 1. The number of hydrogen-bond donors (Lipinski definition) is 2. The first-order valence-electron chi connectivity index (χ1n) is 5.61. The van der Waals surface area contributed by atoms with Crippen LogP contribution in [0.3, 0.4) is 0 Å². The molecule has 0 aliphatic heterocycles. The molecule has 1 rings (SSSR count). The maximum absolute atomic E-state index is 12.0. The molecule has 0 saturated carbocycles. The first kappa shape index (κ1) is 17.1. The van der Waals surface area contributed by atoms with Crippen molar-refractivity contribution in [2.24, 2.45) is 5.92 Å². The number of rotatable bonds is 4. The second kappa shape index (κ2) is 7.15. The number of carboxylic acid groups (broad SMARTS) is 1. The molecule has 0 aromatic heterocycles. The van der Waals surface area contributed by atoms with Crippen molar-refractivity contribution in [3.63, 3.8) is 0 Å². The summed E-state index contributed by atoms with van der Waals surface area (Å²) in [5, 5.41) is 12.0. The molecule has 0 radical (unpaired) electrons. The Balaban J connectivity index is 2.78. The van der Waals surface area contributed by atoms with Crippen LogP contribution >= 0.6 is 39.1 Å². The second-order valence-electron chi connectivity index (χ2n) is 4.29. The quantitative estimate of drug-likeness (QED) is 0.827. The van der Waals surface area contributed by atoms with Gasteiger partial charge in [0.15, 0.2) is 0 Å². The Kier molecular flexibility index (Phi) is 6.10. The average Bonchev–Trinajstić information content (AvgIpc) is 2.32. The minimum atomic E-state index is -0.968. The van der Waals surface area contributed by atoms with E-state index in [4.69, 9.17) is 28.3 Å². The van der Waals surface area contributed by atoms with Gasteiger partial charge in [0, 0.05) is 18.1 Å². The van der Waals surface area contributed by atoms with Gasteiger partial charge >= 0.3 is 12.0 Å². The summed E-state index contributed by atoms with van der Waals surface area (Å²) in [6, 6.07) is 2.72. The molecule has 0 spiro atoms. The van der Waals surface area contributed by atoms with Crippen molar-refractivity contribution in [1.82, 2.24) is 4.90 Å². The summed E-state index contributed by atoms with van der Waals surface area (Å²) in [7, 11) is 1.50. The van der Waals surface area contributed by atoms with E-state index in [2.05, 4.69) is 21.2 Å². The largest absolute Gasteiger partial charge is 0.481 e. The number of amides is 2. The van der Waals surface area contributed by atoms with E-state index in [1.807, 2.05) is 0 Å². The molecule has 1 atom stereocenters. The van der Waals surface area contributed by atoms with E-state index in [9.17, 15) is 9.59 Å². The van der Waals surface area contributed by atoms with Crippen LogP contribution in [0.25, 0.3) is 0 Å².